The van der Waals surface area contributed by atoms with Gasteiger partial charge in [-0.3, -0.25) is 0 Å². The maximum atomic E-state index is 10.7. The third-order valence-electron chi connectivity index (χ3n) is 2.15. The van der Waals surface area contributed by atoms with Crippen LogP contribution in [0.4, 0.5) is 0 Å². The van der Waals surface area contributed by atoms with Gasteiger partial charge in [0.1, 0.15) is 5.15 Å². The molecule has 2 aromatic rings. The number of aromatic carboxylic acids is 1. The van der Waals surface area contributed by atoms with Crippen molar-refractivity contribution in [3.05, 3.63) is 46.7 Å². The van der Waals surface area contributed by atoms with E-state index in [9.17, 15) is 4.79 Å². The van der Waals surface area contributed by atoms with Crippen molar-refractivity contribution in [3.63, 3.8) is 0 Å². The summed E-state index contributed by atoms with van der Waals surface area (Å²) in [5, 5.41) is 13.4. The normalized spacial score (nSPS) is 10.4. The lowest BCUT2D eigenvalue weighted by molar-refractivity contribution is 0.0697. The molecule has 1 aromatic carbocycles. The highest BCUT2D eigenvalue weighted by molar-refractivity contribution is 6.29. The molecule has 0 aliphatic rings. The topological polar surface area (TPSA) is 55.1 Å². The number of hydrogen-bond acceptors (Lipinski definition) is 2. The minimum Gasteiger partial charge on any atom is -0.478 e. The maximum absolute atomic E-state index is 10.7. The summed E-state index contributed by atoms with van der Waals surface area (Å²) < 4.78 is 1.56. The lowest BCUT2D eigenvalue weighted by Crippen LogP contribution is -1.99. The average molecular weight is 237 g/mol. The van der Waals surface area contributed by atoms with E-state index >= 15 is 0 Å². The lowest BCUT2D eigenvalue weighted by atomic mass is 10.2. The van der Waals surface area contributed by atoms with E-state index in [2.05, 4.69) is 5.10 Å². The minimum absolute atomic E-state index is 0.240. The van der Waals surface area contributed by atoms with E-state index in [0.29, 0.717) is 5.15 Å². The fourth-order valence-corrected chi connectivity index (χ4v) is 1.69. The van der Waals surface area contributed by atoms with Gasteiger partial charge >= 0.3 is 5.97 Å². The Kier molecular flexibility index (Phi) is 2.66. The number of nitrogens with zero attached hydrogens (tertiary/aromatic N) is 2. The Morgan fingerprint density at radius 1 is 1.38 bits per heavy atom. The average Bonchev–Trinajstić information content (AvgIpc) is 2.58. The monoisotopic (exact) mass is 236 g/mol. The van der Waals surface area contributed by atoms with Crippen LogP contribution in [0.2, 0.25) is 5.15 Å². The van der Waals surface area contributed by atoms with Crippen molar-refractivity contribution in [3.8, 4) is 5.69 Å². The quantitative estimate of drug-likeness (QED) is 0.872. The van der Waals surface area contributed by atoms with Gasteiger partial charge in [0.15, 0.2) is 0 Å². The number of carboxylic acid groups (broad SMARTS) is 1. The van der Waals surface area contributed by atoms with Crippen LogP contribution in [0.25, 0.3) is 5.69 Å². The van der Waals surface area contributed by atoms with Gasteiger partial charge in [-0.1, -0.05) is 11.6 Å². The Morgan fingerprint density at radius 3 is 2.44 bits per heavy atom. The third-order valence-corrected chi connectivity index (χ3v) is 2.42. The van der Waals surface area contributed by atoms with Crippen LogP contribution in [-0.4, -0.2) is 20.9 Å². The fourth-order valence-electron chi connectivity index (χ4n) is 1.39. The van der Waals surface area contributed by atoms with Crippen molar-refractivity contribution < 1.29 is 9.90 Å². The molecule has 1 heterocycles. The van der Waals surface area contributed by atoms with E-state index < -0.39 is 5.97 Å². The smallest absolute Gasteiger partial charge is 0.335 e. The first-order valence-corrected chi connectivity index (χ1v) is 5.01. The summed E-state index contributed by atoms with van der Waals surface area (Å²) in [5.41, 5.74) is 1.79. The van der Waals surface area contributed by atoms with E-state index in [1.165, 1.54) is 12.1 Å². The summed E-state index contributed by atoms with van der Waals surface area (Å²) in [4.78, 5) is 10.7. The first-order valence-electron chi connectivity index (χ1n) is 4.64. The van der Waals surface area contributed by atoms with Crippen molar-refractivity contribution in [2.24, 2.45) is 0 Å². The van der Waals surface area contributed by atoms with Gasteiger partial charge in [-0.15, -0.1) is 0 Å². The van der Waals surface area contributed by atoms with Crippen LogP contribution < -0.4 is 0 Å². The molecule has 1 aromatic heterocycles. The third kappa shape index (κ3) is 1.92. The SMILES string of the molecule is Cc1cc(Cl)n(-c2ccc(C(=O)O)cc2)n1. The van der Waals surface area contributed by atoms with Crippen LogP contribution in [0.15, 0.2) is 30.3 Å². The highest BCUT2D eigenvalue weighted by atomic mass is 35.5. The Balaban J connectivity index is 2.42. The molecule has 0 bridgehead atoms. The molecule has 5 heteroatoms. The van der Waals surface area contributed by atoms with E-state index in [4.69, 9.17) is 16.7 Å². The van der Waals surface area contributed by atoms with Gasteiger partial charge in [0.2, 0.25) is 0 Å². The number of aromatic nitrogens is 2. The summed E-state index contributed by atoms with van der Waals surface area (Å²) in [5.74, 6) is -0.950. The van der Waals surface area contributed by atoms with Crippen LogP contribution in [-0.2, 0) is 0 Å². The molecule has 2 rings (SSSR count). The van der Waals surface area contributed by atoms with E-state index in [1.54, 1.807) is 22.9 Å². The van der Waals surface area contributed by atoms with Crippen molar-refractivity contribution in [2.75, 3.05) is 0 Å². The zero-order valence-electron chi connectivity index (χ0n) is 8.51. The predicted molar refractivity (Wildman–Crippen MR) is 60.3 cm³/mol. The van der Waals surface area contributed by atoms with E-state index in [1.807, 2.05) is 6.92 Å². The summed E-state index contributed by atoms with van der Waals surface area (Å²) >= 11 is 5.97. The van der Waals surface area contributed by atoms with Gasteiger partial charge in [-0.05, 0) is 37.3 Å². The molecule has 4 nitrogen and oxygen atoms in total. The predicted octanol–water partition coefficient (Wildman–Crippen LogP) is 2.53. The Labute approximate surface area is 97.1 Å². The van der Waals surface area contributed by atoms with Crippen LogP contribution in [0.1, 0.15) is 16.1 Å². The summed E-state index contributed by atoms with van der Waals surface area (Å²) in [6, 6.07) is 8.12. The second-order valence-corrected chi connectivity index (χ2v) is 3.76. The molecule has 0 unspecified atom stereocenters. The molecule has 0 aliphatic heterocycles. The minimum atomic E-state index is -0.950. The molecule has 0 atom stereocenters. The van der Waals surface area contributed by atoms with E-state index in [-0.39, 0.29) is 5.56 Å². The number of benzene rings is 1. The van der Waals surface area contributed by atoms with Crippen LogP contribution in [0.5, 0.6) is 0 Å². The van der Waals surface area contributed by atoms with E-state index in [0.717, 1.165) is 11.4 Å². The summed E-state index contributed by atoms with van der Waals surface area (Å²) in [7, 11) is 0. The van der Waals surface area contributed by atoms with Gasteiger partial charge < -0.3 is 5.11 Å². The highest BCUT2D eigenvalue weighted by Gasteiger charge is 2.06. The van der Waals surface area contributed by atoms with Gasteiger partial charge in [-0.25, -0.2) is 9.48 Å². The van der Waals surface area contributed by atoms with Crippen molar-refractivity contribution in [1.29, 1.82) is 0 Å². The van der Waals surface area contributed by atoms with Gasteiger partial charge in [0.05, 0.1) is 16.9 Å². The number of rotatable bonds is 2. The molecule has 16 heavy (non-hydrogen) atoms. The van der Waals surface area contributed by atoms with Crippen molar-refractivity contribution >= 4 is 17.6 Å². The molecule has 0 spiro atoms. The Morgan fingerprint density at radius 2 is 2.00 bits per heavy atom. The number of carboxylic acids is 1. The zero-order chi connectivity index (χ0) is 11.7. The Bertz CT molecular complexity index is 531. The molecule has 0 aliphatic carbocycles. The lowest BCUT2D eigenvalue weighted by Gasteiger charge is -2.03. The first kappa shape index (κ1) is 10.7. The van der Waals surface area contributed by atoms with Gasteiger partial charge in [-0.2, -0.15) is 5.10 Å². The molecule has 82 valence electrons. The maximum Gasteiger partial charge on any atom is 0.335 e. The van der Waals surface area contributed by atoms with Crippen molar-refractivity contribution in [1.82, 2.24) is 9.78 Å². The highest BCUT2D eigenvalue weighted by Crippen LogP contribution is 2.17. The van der Waals surface area contributed by atoms with Gasteiger partial charge in [0.25, 0.3) is 0 Å². The van der Waals surface area contributed by atoms with Gasteiger partial charge in [0, 0.05) is 0 Å². The van der Waals surface area contributed by atoms with Crippen LogP contribution >= 0.6 is 11.6 Å². The molecule has 0 saturated carbocycles. The standard InChI is InChI=1S/C11H9ClN2O2/c1-7-6-10(12)14(13-7)9-4-2-8(3-5-9)11(15)16/h2-6H,1H3,(H,15,16). The second-order valence-electron chi connectivity index (χ2n) is 3.37. The Hall–Kier alpha value is -1.81. The number of aryl methyl sites for hydroxylation is 1. The van der Waals surface area contributed by atoms with Crippen LogP contribution in [0.3, 0.4) is 0 Å². The molecule has 0 fully saturated rings. The molecule has 0 radical (unpaired) electrons. The largest absolute Gasteiger partial charge is 0.478 e. The molecular weight excluding hydrogens is 228 g/mol. The number of hydrogen-bond donors (Lipinski definition) is 1. The fraction of sp³-hybridized carbons (Fsp3) is 0.0909. The first-order chi connectivity index (χ1) is 7.58. The summed E-state index contributed by atoms with van der Waals surface area (Å²) in [6.07, 6.45) is 0. The molecule has 1 N–H and O–H groups in total. The molecule has 0 saturated heterocycles. The second kappa shape index (κ2) is 3.98. The molecular formula is C11H9ClN2O2. The molecule has 0 amide bonds. The van der Waals surface area contributed by atoms with Crippen LogP contribution in [0, 0.1) is 6.92 Å². The number of carbonyl (C=O) groups is 1. The van der Waals surface area contributed by atoms with Crippen molar-refractivity contribution in [2.45, 2.75) is 6.92 Å². The number of halogens is 1. The summed E-state index contributed by atoms with van der Waals surface area (Å²) in [6.45, 7) is 1.84. The zero-order valence-corrected chi connectivity index (χ0v) is 9.27.